The summed E-state index contributed by atoms with van der Waals surface area (Å²) >= 11 is 6.01. The summed E-state index contributed by atoms with van der Waals surface area (Å²) in [5, 5.41) is 0.353. The molecule has 1 aliphatic heterocycles. The lowest BCUT2D eigenvalue weighted by atomic mass is 10.4. The van der Waals surface area contributed by atoms with Gasteiger partial charge in [-0.25, -0.2) is 0 Å². The summed E-state index contributed by atoms with van der Waals surface area (Å²) in [5.74, 6) is 0.939. The first-order valence-corrected chi connectivity index (χ1v) is 4.97. The van der Waals surface area contributed by atoms with Crippen LogP contribution in [-0.2, 0) is 4.74 Å². The van der Waals surface area contributed by atoms with Crippen molar-refractivity contribution < 1.29 is 4.74 Å². The molecule has 1 aromatic rings. The number of hydrogen-bond acceptors (Lipinski definition) is 6. The molecule has 0 aromatic carbocycles. The monoisotopic (exact) mass is 229 g/mol. The maximum atomic E-state index is 6.01. The molecule has 82 valence electrons. The van der Waals surface area contributed by atoms with E-state index < -0.39 is 0 Å². The van der Waals surface area contributed by atoms with Crippen LogP contribution in [0.25, 0.3) is 0 Å². The number of nitrogens with zero attached hydrogens (tertiary/aromatic N) is 3. The molecule has 0 saturated carbocycles. The Balaban J connectivity index is 2.33. The number of rotatable bonds is 1. The number of halogens is 1. The summed E-state index contributed by atoms with van der Waals surface area (Å²) in [6.07, 6.45) is 0. The van der Waals surface area contributed by atoms with Gasteiger partial charge in [-0.15, -0.1) is 0 Å². The predicted molar refractivity (Wildman–Crippen MR) is 58.9 cm³/mol. The maximum absolute atomic E-state index is 6.01. The fraction of sp³-hybridized carbons (Fsp3) is 0.500. The average Bonchev–Trinajstić information content (AvgIpc) is 2.24. The second kappa shape index (κ2) is 4.08. The van der Waals surface area contributed by atoms with Gasteiger partial charge >= 0.3 is 0 Å². The van der Waals surface area contributed by atoms with Crippen LogP contribution in [-0.4, -0.2) is 36.3 Å². The Morgan fingerprint density at radius 3 is 2.53 bits per heavy atom. The molecule has 7 heteroatoms. The molecular formula is C8H12ClN5O. The topological polar surface area (TPSA) is 90.3 Å². The van der Waals surface area contributed by atoms with Gasteiger partial charge in [-0.05, 0) is 0 Å². The standard InChI is InChI=1S/C8H12ClN5O/c9-5-6(10)12-8(11)13-7(5)14-1-3-15-4-2-14/h1-4H2,(H4,10,11,12,13). The van der Waals surface area contributed by atoms with E-state index in [1.807, 2.05) is 4.90 Å². The van der Waals surface area contributed by atoms with Crippen molar-refractivity contribution in [3.63, 3.8) is 0 Å². The Morgan fingerprint density at radius 2 is 1.87 bits per heavy atom. The lowest BCUT2D eigenvalue weighted by Crippen LogP contribution is -2.37. The highest BCUT2D eigenvalue weighted by atomic mass is 35.5. The fourth-order valence-electron chi connectivity index (χ4n) is 1.45. The third-order valence-corrected chi connectivity index (χ3v) is 2.55. The van der Waals surface area contributed by atoms with Crippen LogP contribution in [0.5, 0.6) is 0 Å². The molecule has 0 radical (unpaired) electrons. The third-order valence-electron chi connectivity index (χ3n) is 2.19. The Kier molecular flexibility index (Phi) is 2.79. The minimum Gasteiger partial charge on any atom is -0.382 e. The highest BCUT2D eigenvalue weighted by Crippen LogP contribution is 2.28. The van der Waals surface area contributed by atoms with E-state index in [0.717, 1.165) is 13.1 Å². The van der Waals surface area contributed by atoms with Crippen molar-refractivity contribution in [3.05, 3.63) is 5.02 Å². The van der Waals surface area contributed by atoms with Crippen LogP contribution in [0.1, 0.15) is 0 Å². The van der Waals surface area contributed by atoms with Crippen molar-refractivity contribution in [2.75, 3.05) is 42.7 Å². The largest absolute Gasteiger partial charge is 0.382 e. The molecule has 0 amide bonds. The maximum Gasteiger partial charge on any atom is 0.224 e. The van der Waals surface area contributed by atoms with Crippen LogP contribution in [0.4, 0.5) is 17.6 Å². The van der Waals surface area contributed by atoms with Gasteiger partial charge in [0.05, 0.1) is 13.2 Å². The number of hydrogen-bond donors (Lipinski definition) is 2. The van der Waals surface area contributed by atoms with Gasteiger partial charge in [-0.3, -0.25) is 0 Å². The highest BCUT2D eigenvalue weighted by molar-refractivity contribution is 6.35. The Labute approximate surface area is 92.2 Å². The number of ether oxygens (including phenoxy) is 1. The molecule has 0 unspecified atom stereocenters. The second-order valence-corrected chi connectivity index (χ2v) is 3.58. The van der Waals surface area contributed by atoms with Gasteiger partial charge in [0.15, 0.2) is 5.82 Å². The first kappa shape index (κ1) is 10.3. The van der Waals surface area contributed by atoms with Crippen molar-refractivity contribution in [3.8, 4) is 0 Å². The molecule has 1 saturated heterocycles. The van der Waals surface area contributed by atoms with Gasteiger partial charge in [0.2, 0.25) is 5.95 Å². The summed E-state index contributed by atoms with van der Waals surface area (Å²) < 4.78 is 5.23. The molecule has 4 N–H and O–H groups in total. The third kappa shape index (κ3) is 2.05. The number of morpholine rings is 1. The van der Waals surface area contributed by atoms with E-state index in [4.69, 9.17) is 27.8 Å². The van der Waals surface area contributed by atoms with Crippen LogP contribution in [0.3, 0.4) is 0 Å². The number of nitrogen functional groups attached to an aromatic ring is 2. The van der Waals surface area contributed by atoms with Crippen molar-refractivity contribution in [1.82, 2.24) is 9.97 Å². The molecule has 2 heterocycles. The van der Waals surface area contributed by atoms with Crippen LogP contribution < -0.4 is 16.4 Å². The van der Waals surface area contributed by atoms with Gasteiger partial charge in [0.25, 0.3) is 0 Å². The van der Waals surface area contributed by atoms with Crippen molar-refractivity contribution >= 4 is 29.2 Å². The van der Waals surface area contributed by atoms with E-state index in [1.165, 1.54) is 0 Å². The zero-order valence-corrected chi connectivity index (χ0v) is 8.87. The average molecular weight is 230 g/mol. The molecule has 0 atom stereocenters. The number of aromatic nitrogens is 2. The van der Waals surface area contributed by atoms with Crippen LogP contribution in [0.15, 0.2) is 0 Å². The SMILES string of the molecule is Nc1nc(N)c(Cl)c(N2CCOCC2)n1. The normalized spacial score (nSPS) is 16.7. The van der Waals surface area contributed by atoms with Crippen LogP contribution in [0.2, 0.25) is 5.02 Å². The van der Waals surface area contributed by atoms with Crippen molar-refractivity contribution in [2.24, 2.45) is 0 Å². The second-order valence-electron chi connectivity index (χ2n) is 3.20. The Hall–Kier alpha value is -1.27. The van der Waals surface area contributed by atoms with Gasteiger partial charge in [-0.2, -0.15) is 9.97 Å². The van der Waals surface area contributed by atoms with Crippen molar-refractivity contribution in [2.45, 2.75) is 0 Å². The zero-order valence-electron chi connectivity index (χ0n) is 8.11. The van der Waals surface area contributed by atoms with Crippen molar-refractivity contribution in [1.29, 1.82) is 0 Å². The molecular weight excluding hydrogens is 218 g/mol. The van der Waals surface area contributed by atoms with E-state index in [-0.39, 0.29) is 11.8 Å². The Morgan fingerprint density at radius 1 is 1.20 bits per heavy atom. The number of anilines is 3. The van der Waals surface area contributed by atoms with E-state index in [2.05, 4.69) is 9.97 Å². The summed E-state index contributed by atoms with van der Waals surface area (Å²) in [6.45, 7) is 2.77. The molecule has 1 aliphatic rings. The molecule has 0 aliphatic carbocycles. The molecule has 2 rings (SSSR count). The molecule has 15 heavy (non-hydrogen) atoms. The van der Waals surface area contributed by atoms with Gasteiger partial charge in [-0.1, -0.05) is 11.6 Å². The molecule has 0 spiro atoms. The van der Waals surface area contributed by atoms with E-state index in [1.54, 1.807) is 0 Å². The van der Waals surface area contributed by atoms with Gasteiger partial charge in [0.1, 0.15) is 10.8 Å². The summed E-state index contributed by atoms with van der Waals surface area (Å²) in [5.41, 5.74) is 11.1. The van der Waals surface area contributed by atoms with Gasteiger partial charge in [0, 0.05) is 13.1 Å². The van der Waals surface area contributed by atoms with E-state index in [9.17, 15) is 0 Å². The van der Waals surface area contributed by atoms with E-state index in [0.29, 0.717) is 24.1 Å². The molecule has 0 bridgehead atoms. The van der Waals surface area contributed by atoms with Gasteiger partial charge < -0.3 is 21.1 Å². The quantitative estimate of drug-likeness (QED) is 0.712. The lowest BCUT2D eigenvalue weighted by molar-refractivity contribution is 0.122. The molecule has 1 fully saturated rings. The predicted octanol–water partition coefficient (Wildman–Crippen LogP) is 0.131. The van der Waals surface area contributed by atoms with Crippen LogP contribution in [0, 0.1) is 0 Å². The van der Waals surface area contributed by atoms with Crippen LogP contribution >= 0.6 is 11.6 Å². The smallest absolute Gasteiger partial charge is 0.224 e. The fourth-order valence-corrected chi connectivity index (χ4v) is 1.66. The summed E-state index contributed by atoms with van der Waals surface area (Å²) in [7, 11) is 0. The molecule has 6 nitrogen and oxygen atoms in total. The Bertz CT molecular complexity index is 366. The first-order valence-electron chi connectivity index (χ1n) is 4.59. The zero-order chi connectivity index (χ0) is 10.8. The first-order chi connectivity index (χ1) is 7.18. The number of nitrogens with two attached hydrogens (primary N) is 2. The summed E-state index contributed by atoms with van der Waals surface area (Å²) in [6, 6.07) is 0. The highest BCUT2D eigenvalue weighted by Gasteiger charge is 2.18. The minimum absolute atomic E-state index is 0.137. The molecule has 1 aromatic heterocycles. The lowest BCUT2D eigenvalue weighted by Gasteiger charge is -2.28. The summed E-state index contributed by atoms with van der Waals surface area (Å²) in [4.78, 5) is 9.85. The minimum atomic E-state index is 0.137. The van der Waals surface area contributed by atoms with E-state index >= 15 is 0 Å².